The highest BCUT2D eigenvalue weighted by molar-refractivity contribution is 6.38. The molecule has 1 N–H and O–H groups in total. The second-order valence-corrected chi connectivity index (χ2v) is 4.98. The standard InChI is InChI=1S/C12H19NO2/c1-8-5-6-13-10(7-8)9-3-2-4-11(14)12(9)15/h8-10,13H,2-7H2,1H3. The van der Waals surface area contributed by atoms with Gasteiger partial charge in [-0.25, -0.2) is 0 Å². The van der Waals surface area contributed by atoms with Crippen molar-refractivity contribution in [3.8, 4) is 0 Å². The molecule has 0 aromatic heterocycles. The van der Waals surface area contributed by atoms with E-state index in [1.165, 1.54) is 6.42 Å². The van der Waals surface area contributed by atoms with Crippen LogP contribution in [0.3, 0.4) is 0 Å². The largest absolute Gasteiger partial charge is 0.313 e. The first-order valence-electron chi connectivity index (χ1n) is 5.99. The van der Waals surface area contributed by atoms with E-state index in [2.05, 4.69) is 12.2 Å². The molecule has 0 aromatic carbocycles. The van der Waals surface area contributed by atoms with E-state index in [9.17, 15) is 9.59 Å². The molecule has 1 saturated carbocycles. The van der Waals surface area contributed by atoms with Crippen molar-refractivity contribution >= 4 is 11.6 Å². The Morgan fingerprint density at radius 1 is 1.27 bits per heavy atom. The second-order valence-electron chi connectivity index (χ2n) is 4.98. The quantitative estimate of drug-likeness (QED) is 0.662. The van der Waals surface area contributed by atoms with Crippen LogP contribution in [0.15, 0.2) is 0 Å². The average Bonchev–Trinajstić information content (AvgIpc) is 2.22. The Hall–Kier alpha value is -0.700. The van der Waals surface area contributed by atoms with Crippen molar-refractivity contribution in [2.45, 2.75) is 45.1 Å². The molecule has 3 unspecified atom stereocenters. The highest BCUT2D eigenvalue weighted by Crippen LogP contribution is 2.27. The van der Waals surface area contributed by atoms with Gasteiger partial charge in [0.05, 0.1) is 0 Å². The molecule has 1 saturated heterocycles. The first-order valence-corrected chi connectivity index (χ1v) is 5.99. The minimum absolute atomic E-state index is 0.0333. The summed E-state index contributed by atoms with van der Waals surface area (Å²) in [6.45, 7) is 3.22. The third kappa shape index (κ3) is 2.28. The fourth-order valence-corrected chi connectivity index (χ4v) is 2.78. The van der Waals surface area contributed by atoms with E-state index in [0.29, 0.717) is 12.3 Å². The molecule has 1 heterocycles. The van der Waals surface area contributed by atoms with E-state index in [1.54, 1.807) is 0 Å². The summed E-state index contributed by atoms with van der Waals surface area (Å²) in [6, 6.07) is 0.255. The Morgan fingerprint density at radius 2 is 2.07 bits per heavy atom. The summed E-state index contributed by atoms with van der Waals surface area (Å²) in [6.07, 6.45) is 4.49. The number of hydrogen-bond acceptors (Lipinski definition) is 3. The second kappa shape index (κ2) is 4.44. The number of hydrogen-bond donors (Lipinski definition) is 1. The lowest BCUT2D eigenvalue weighted by Crippen LogP contribution is -2.48. The van der Waals surface area contributed by atoms with Crippen LogP contribution in [-0.2, 0) is 9.59 Å². The Balaban J connectivity index is 2.02. The van der Waals surface area contributed by atoms with E-state index in [-0.39, 0.29) is 23.5 Å². The monoisotopic (exact) mass is 209 g/mol. The summed E-state index contributed by atoms with van der Waals surface area (Å²) in [5.41, 5.74) is 0. The molecule has 0 spiro atoms. The molecule has 3 nitrogen and oxygen atoms in total. The Morgan fingerprint density at radius 3 is 2.80 bits per heavy atom. The topological polar surface area (TPSA) is 46.2 Å². The number of nitrogens with one attached hydrogen (secondary N) is 1. The van der Waals surface area contributed by atoms with Gasteiger partial charge in [0.1, 0.15) is 0 Å². The SMILES string of the molecule is CC1CCNC(C2CCCC(=O)C2=O)C1. The van der Waals surface area contributed by atoms with E-state index in [1.807, 2.05) is 0 Å². The van der Waals surface area contributed by atoms with Crippen molar-refractivity contribution in [3.05, 3.63) is 0 Å². The van der Waals surface area contributed by atoms with Crippen LogP contribution >= 0.6 is 0 Å². The number of carbonyl (C=O) groups excluding carboxylic acids is 2. The number of piperidine rings is 1. The van der Waals surface area contributed by atoms with Crippen molar-refractivity contribution in [2.24, 2.45) is 11.8 Å². The normalized spacial score (nSPS) is 38.1. The van der Waals surface area contributed by atoms with Gasteiger partial charge < -0.3 is 5.32 Å². The number of carbonyl (C=O) groups is 2. The Kier molecular flexibility index (Phi) is 3.19. The van der Waals surface area contributed by atoms with Crippen LogP contribution < -0.4 is 5.32 Å². The lowest BCUT2D eigenvalue weighted by molar-refractivity contribution is -0.141. The number of Topliss-reactive ketones (excluding diaryl/α,β-unsaturated/α-hetero) is 2. The van der Waals surface area contributed by atoms with Crippen molar-refractivity contribution in [2.75, 3.05) is 6.54 Å². The molecular weight excluding hydrogens is 190 g/mol. The van der Waals surface area contributed by atoms with Gasteiger partial charge in [0, 0.05) is 18.4 Å². The molecule has 3 heteroatoms. The van der Waals surface area contributed by atoms with Crippen molar-refractivity contribution in [1.29, 1.82) is 0 Å². The van der Waals surface area contributed by atoms with Crippen LogP contribution in [-0.4, -0.2) is 24.2 Å². The van der Waals surface area contributed by atoms with E-state index >= 15 is 0 Å². The van der Waals surface area contributed by atoms with Gasteiger partial charge >= 0.3 is 0 Å². The molecule has 1 aliphatic carbocycles. The third-order valence-corrected chi connectivity index (χ3v) is 3.72. The molecule has 0 aromatic rings. The summed E-state index contributed by atoms with van der Waals surface area (Å²) >= 11 is 0. The fraction of sp³-hybridized carbons (Fsp3) is 0.833. The van der Waals surface area contributed by atoms with Gasteiger partial charge in [-0.1, -0.05) is 6.92 Å². The lowest BCUT2D eigenvalue weighted by atomic mass is 9.77. The van der Waals surface area contributed by atoms with Gasteiger partial charge in [0.2, 0.25) is 5.78 Å². The van der Waals surface area contributed by atoms with Crippen molar-refractivity contribution in [1.82, 2.24) is 5.32 Å². The van der Waals surface area contributed by atoms with Gasteiger partial charge in [-0.05, 0) is 38.1 Å². The van der Waals surface area contributed by atoms with Crippen LogP contribution in [0, 0.1) is 11.8 Å². The van der Waals surface area contributed by atoms with Crippen molar-refractivity contribution < 1.29 is 9.59 Å². The van der Waals surface area contributed by atoms with E-state index < -0.39 is 0 Å². The van der Waals surface area contributed by atoms with Crippen LogP contribution in [0.5, 0.6) is 0 Å². The molecule has 2 aliphatic rings. The molecular formula is C12H19NO2. The first kappa shape index (κ1) is 10.8. The van der Waals surface area contributed by atoms with Crippen LogP contribution in [0.25, 0.3) is 0 Å². The minimum atomic E-state index is -0.147. The Bertz CT molecular complexity index is 275. The fourth-order valence-electron chi connectivity index (χ4n) is 2.78. The van der Waals surface area contributed by atoms with Crippen molar-refractivity contribution in [3.63, 3.8) is 0 Å². The molecule has 0 bridgehead atoms. The highest BCUT2D eigenvalue weighted by Gasteiger charge is 2.36. The molecule has 2 rings (SSSR count). The van der Waals surface area contributed by atoms with E-state index in [0.717, 1.165) is 25.8 Å². The van der Waals surface area contributed by atoms with Gasteiger partial charge in [-0.3, -0.25) is 9.59 Å². The van der Waals surface area contributed by atoms with Gasteiger partial charge in [0.15, 0.2) is 5.78 Å². The van der Waals surface area contributed by atoms with E-state index in [4.69, 9.17) is 0 Å². The summed E-state index contributed by atoms with van der Waals surface area (Å²) in [4.78, 5) is 23.1. The Labute approximate surface area is 90.6 Å². The minimum Gasteiger partial charge on any atom is -0.313 e. The predicted molar refractivity (Wildman–Crippen MR) is 57.5 cm³/mol. The number of ketones is 2. The molecule has 2 fully saturated rings. The van der Waals surface area contributed by atoms with Crippen LogP contribution in [0.2, 0.25) is 0 Å². The highest BCUT2D eigenvalue weighted by atomic mass is 16.2. The maximum atomic E-state index is 11.7. The zero-order valence-electron chi connectivity index (χ0n) is 9.29. The van der Waals surface area contributed by atoms with Gasteiger partial charge in [-0.2, -0.15) is 0 Å². The molecule has 15 heavy (non-hydrogen) atoms. The van der Waals surface area contributed by atoms with Gasteiger partial charge in [-0.15, -0.1) is 0 Å². The molecule has 0 radical (unpaired) electrons. The summed E-state index contributed by atoms with van der Waals surface area (Å²) < 4.78 is 0. The van der Waals surface area contributed by atoms with Crippen LogP contribution in [0.4, 0.5) is 0 Å². The maximum absolute atomic E-state index is 11.7. The summed E-state index contributed by atoms with van der Waals surface area (Å²) in [7, 11) is 0. The number of rotatable bonds is 1. The average molecular weight is 209 g/mol. The maximum Gasteiger partial charge on any atom is 0.202 e. The zero-order chi connectivity index (χ0) is 10.8. The predicted octanol–water partition coefficient (Wildman–Crippen LogP) is 1.31. The van der Waals surface area contributed by atoms with Crippen LogP contribution in [0.1, 0.15) is 39.0 Å². The third-order valence-electron chi connectivity index (χ3n) is 3.72. The summed E-state index contributed by atoms with van der Waals surface area (Å²) in [5.74, 6) is 0.384. The molecule has 84 valence electrons. The van der Waals surface area contributed by atoms with Gasteiger partial charge in [0.25, 0.3) is 0 Å². The smallest absolute Gasteiger partial charge is 0.202 e. The first-order chi connectivity index (χ1) is 7.18. The molecule has 3 atom stereocenters. The zero-order valence-corrected chi connectivity index (χ0v) is 9.29. The lowest BCUT2D eigenvalue weighted by Gasteiger charge is -2.34. The molecule has 0 amide bonds. The summed E-state index contributed by atoms with van der Waals surface area (Å²) in [5, 5.41) is 3.40. The molecule has 1 aliphatic heterocycles.